The summed E-state index contributed by atoms with van der Waals surface area (Å²) >= 11 is 0. The summed E-state index contributed by atoms with van der Waals surface area (Å²) in [5, 5.41) is 0. The third-order valence-electron chi connectivity index (χ3n) is 2.10. The Morgan fingerprint density at radius 1 is 1.50 bits per heavy atom. The topological polar surface area (TPSA) is 52.9 Å². The maximum absolute atomic E-state index is 11.4. The average Bonchev–Trinajstić information content (AvgIpc) is 2.33. The smallest absolute Gasteiger partial charge is 0.328 e. The van der Waals surface area contributed by atoms with Gasteiger partial charge in [-0.2, -0.15) is 0 Å². The molecule has 4 nitrogen and oxygen atoms in total. The van der Waals surface area contributed by atoms with Crippen LogP contribution < -0.4 is 11.4 Å². The third kappa shape index (κ3) is 1.30. The normalized spacial score (nSPS) is 12.0. The van der Waals surface area contributed by atoms with E-state index in [1.807, 2.05) is 13.8 Å². The molecule has 68 valence electrons. The number of nitrogens with zero attached hydrogens (tertiary/aromatic N) is 2. The van der Waals surface area contributed by atoms with Gasteiger partial charge in [-0.25, -0.2) is 4.79 Å². The average molecular weight is 169 g/mol. The zero-order valence-corrected chi connectivity index (χ0v) is 7.74. The minimum Gasteiger partial charge on any atom is -0.328 e. The lowest BCUT2D eigenvalue weighted by atomic mass is 10.1. The quantitative estimate of drug-likeness (QED) is 0.671. The van der Waals surface area contributed by atoms with Gasteiger partial charge in [0.05, 0.1) is 5.54 Å². The highest BCUT2D eigenvalue weighted by Crippen LogP contribution is 2.08. The molecule has 2 N–H and O–H groups in total. The van der Waals surface area contributed by atoms with E-state index in [1.54, 1.807) is 24.0 Å². The van der Waals surface area contributed by atoms with Crippen molar-refractivity contribution in [2.75, 3.05) is 6.54 Å². The summed E-state index contributed by atoms with van der Waals surface area (Å²) in [4.78, 5) is 11.4. The maximum atomic E-state index is 11.4. The molecule has 0 unspecified atom stereocenters. The molecular formula is C8H15N3O. The second-order valence-corrected chi connectivity index (χ2v) is 3.58. The van der Waals surface area contributed by atoms with Crippen LogP contribution in [0.15, 0.2) is 17.2 Å². The molecule has 0 aromatic carbocycles. The number of hydrogen-bond acceptors (Lipinski definition) is 2. The molecule has 0 aliphatic rings. The first-order valence-corrected chi connectivity index (χ1v) is 3.93. The largest absolute Gasteiger partial charge is 0.328 e. The van der Waals surface area contributed by atoms with E-state index in [0.29, 0.717) is 6.54 Å². The Balaban J connectivity index is 3.20. The van der Waals surface area contributed by atoms with Crippen LogP contribution in [0.1, 0.15) is 13.8 Å². The second-order valence-electron chi connectivity index (χ2n) is 3.58. The van der Waals surface area contributed by atoms with Gasteiger partial charge in [-0.05, 0) is 13.8 Å². The lowest BCUT2D eigenvalue weighted by Gasteiger charge is -2.23. The number of nitrogens with two attached hydrogens (primary N) is 1. The fourth-order valence-corrected chi connectivity index (χ4v) is 1.02. The van der Waals surface area contributed by atoms with Crippen LogP contribution in [0.2, 0.25) is 0 Å². The molecule has 1 rings (SSSR count). The molecule has 0 fully saturated rings. The van der Waals surface area contributed by atoms with Crippen LogP contribution in [0.25, 0.3) is 0 Å². The molecule has 0 radical (unpaired) electrons. The maximum Gasteiger partial charge on any atom is 0.328 e. The van der Waals surface area contributed by atoms with Gasteiger partial charge in [0.15, 0.2) is 0 Å². The van der Waals surface area contributed by atoms with Crippen molar-refractivity contribution in [3.63, 3.8) is 0 Å². The molecule has 0 amide bonds. The second kappa shape index (κ2) is 2.79. The fraction of sp³-hybridized carbons (Fsp3) is 0.625. The Labute approximate surface area is 71.6 Å². The van der Waals surface area contributed by atoms with Gasteiger partial charge in [0.25, 0.3) is 0 Å². The number of aryl methyl sites for hydroxylation is 1. The number of aromatic nitrogens is 2. The molecular weight excluding hydrogens is 154 g/mol. The summed E-state index contributed by atoms with van der Waals surface area (Å²) in [5.41, 5.74) is 5.23. The first-order chi connectivity index (χ1) is 5.49. The lowest BCUT2D eigenvalue weighted by molar-refractivity contribution is 0.353. The van der Waals surface area contributed by atoms with Crippen LogP contribution in [0.3, 0.4) is 0 Å². The van der Waals surface area contributed by atoms with E-state index in [9.17, 15) is 4.79 Å². The molecule has 0 saturated heterocycles. The van der Waals surface area contributed by atoms with Crippen molar-refractivity contribution < 1.29 is 0 Å². The zero-order chi connectivity index (χ0) is 9.35. The van der Waals surface area contributed by atoms with Crippen LogP contribution in [0.5, 0.6) is 0 Å². The van der Waals surface area contributed by atoms with Crippen molar-refractivity contribution in [2.45, 2.75) is 19.4 Å². The first kappa shape index (κ1) is 9.06. The molecule has 4 heteroatoms. The summed E-state index contributed by atoms with van der Waals surface area (Å²) < 4.78 is 3.18. The van der Waals surface area contributed by atoms with Crippen molar-refractivity contribution in [2.24, 2.45) is 12.8 Å². The molecule has 0 bridgehead atoms. The molecule has 12 heavy (non-hydrogen) atoms. The number of imidazole rings is 1. The van der Waals surface area contributed by atoms with E-state index in [4.69, 9.17) is 5.73 Å². The first-order valence-electron chi connectivity index (χ1n) is 3.93. The van der Waals surface area contributed by atoms with Crippen LogP contribution in [0.4, 0.5) is 0 Å². The predicted octanol–water partition coefficient (Wildman–Crippen LogP) is -0.119. The summed E-state index contributed by atoms with van der Waals surface area (Å²) in [7, 11) is 1.73. The third-order valence-corrected chi connectivity index (χ3v) is 2.10. The van der Waals surface area contributed by atoms with Crippen molar-refractivity contribution in [3.8, 4) is 0 Å². The lowest BCUT2D eigenvalue weighted by Crippen LogP contribution is -2.41. The molecule has 0 aliphatic heterocycles. The van der Waals surface area contributed by atoms with E-state index in [-0.39, 0.29) is 11.2 Å². The van der Waals surface area contributed by atoms with Gasteiger partial charge in [-0.15, -0.1) is 0 Å². The van der Waals surface area contributed by atoms with E-state index in [0.717, 1.165) is 0 Å². The minimum absolute atomic E-state index is 0.0227. The summed E-state index contributed by atoms with van der Waals surface area (Å²) in [6, 6.07) is 0. The standard InChI is InChI=1S/C8H15N3O/c1-8(2,6-9)11-5-4-10(3)7(11)12/h4-5H,6,9H2,1-3H3. The van der Waals surface area contributed by atoms with Gasteiger partial charge in [0, 0.05) is 26.0 Å². The molecule has 1 aromatic heterocycles. The Bertz CT molecular complexity index is 321. The summed E-state index contributed by atoms with van der Waals surface area (Å²) in [6.45, 7) is 4.33. The Kier molecular flexibility index (Phi) is 2.10. The monoisotopic (exact) mass is 169 g/mol. The fourth-order valence-electron chi connectivity index (χ4n) is 1.02. The number of hydrogen-bond donors (Lipinski definition) is 1. The highest BCUT2D eigenvalue weighted by atomic mass is 16.1. The highest BCUT2D eigenvalue weighted by molar-refractivity contribution is 4.89. The Hall–Kier alpha value is -1.03. The minimum atomic E-state index is -0.293. The molecule has 1 heterocycles. The molecule has 0 saturated carbocycles. The van der Waals surface area contributed by atoms with E-state index >= 15 is 0 Å². The van der Waals surface area contributed by atoms with Gasteiger partial charge >= 0.3 is 5.69 Å². The van der Waals surface area contributed by atoms with Gasteiger partial charge in [-0.3, -0.25) is 4.57 Å². The van der Waals surface area contributed by atoms with Gasteiger partial charge in [0.1, 0.15) is 0 Å². The molecule has 0 spiro atoms. The molecule has 0 atom stereocenters. The van der Waals surface area contributed by atoms with Crippen molar-refractivity contribution in [1.29, 1.82) is 0 Å². The van der Waals surface area contributed by atoms with E-state index in [2.05, 4.69) is 0 Å². The van der Waals surface area contributed by atoms with Gasteiger partial charge in [-0.1, -0.05) is 0 Å². The SMILES string of the molecule is Cn1ccn(C(C)(C)CN)c1=O. The van der Waals surface area contributed by atoms with Crippen molar-refractivity contribution in [1.82, 2.24) is 9.13 Å². The van der Waals surface area contributed by atoms with Crippen LogP contribution in [-0.2, 0) is 12.6 Å². The Morgan fingerprint density at radius 2 is 2.08 bits per heavy atom. The Morgan fingerprint density at radius 3 is 2.42 bits per heavy atom. The van der Waals surface area contributed by atoms with E-state index in [1.165, 1.54) is 4.57 Å². The van der Waals surface area contributed by atoms with Gasteiger partial charge in [0.2, 0.25) is 0 Å². The van der Waals surface area contributed by atoms with Gasteiger partial charge < -0.3 is 10.3 Å². The predicted molar refractivity (Wildman–Crippen MR) is 48.0 cm³/mol. The van der Waals surface area contributed by atoms with Crippen LogP contribution in [0, 0.1) is 0 Å². The van der Waals surface area contributed by atoms with Crippen molar-refractivity contribution >= 4 is 0 Å². The van der Waals surface area contributed by atoms with Crippen LogP contribution in [-0.4, -0.2) is 15.7 Å². The number of rotatable bonds is 2. The summed E-state index contributed by atoms with van der Waals surface area (Å²) in [5.74, 6) is 0. The summed E-state index contributed by atoms with van der Waals surface area (Å²) in [6.07, 6.45) is 3.49. The van der Waals surface area contributed by atoms with Crippen molar-refractivity contribution in [3.05, 3.63) is 22.9 Å². The molecule has 1 aromatic rings. The zero-order valence-electron chi connectivity index (χ0n) is 7.74. The van der Waals surface area contributed by atoms with Crippen LogP contribution >= 0.6 is 0 Å². The highest BCUT2D eigenvalue weighted by Gasteiger charge is 2.19. The van der Waals surface area contributed by atoms with E-state index < -0.39 is 0 Å². The molecule has 0 aliphatic carbocycles.